The standard InChI is InChI=1S/C56H70N8O9S/c1-35(2)42-10-5-6-11-43(42)46-12-8-24-63(46)40-31-56(32-40)20-25-62(26-21-56)38-13-14-44(48(28-38)73-50-27-37-17-22-57-52(37)59-54(50)72-33-39-9-7-23-61(39)4)53(65)60-74(69,70)41-29-47(64(67)68)51-49(30-41)71-34-45(58-51)36-15-18-55(3,66)19-16-36/h5-6,10-11,13-14,17,22,27-30,35-36,39-40,45-46,58,66H,7-9,12,15-16,18-21,23-26,31-34H2,1-4H3,(H,57,59)(H,60,65)/t36-,39-,45+,46+,55-/m0/s1. The Morgan fingerprint density at radius 1 is 0.973 bits per heavy atom. The van der Waals surface area contributed by atoms with Gasteiger partial charge in [0.2, 0.25) is 0 Å². The molecule has 394 valence electrons. The fraction of sp³-hybridized carbons (Fsp3) is 0.536. The number of likely N-dealkylation sites (tertiary alicyclic amines) is 2. The number of amides is 1. The maximum absolute atomic E-state index is 14.5. The monoisotopic (exact) mass is 1030 g/mol. The van der Waals surface area contributed by atoms with E-state index in [2.05, 4.69) is 74.9 Å². The number of fused-ring (bicyclic) bond motifs is 2. The summed E-state index contributed by atoms with van der Waals surface area (Å²) >= 11 is 0. The van der Waals surface area contributed by atoms with Crippen molar-refractivity contribution >= 4 is 44.0 Å². The number of sulfonamides is 1. The van der Waals surface area contributed by atoms with Gasteiger partial charge < -0.3 is 39.4 Å². The lowest BCUT2D eigenvalue weighted by molar-refractivity contribution is -0.384. The number of ether oxygens (including phenoxy) is 3. The molecule has 5 aromatic rings. The second-order valence-corrected chi connectivity index (χ2v) is 24.4. The lowest BCUT2D eigenvalue weighted by Crippen LogP contribution is -2.54. The van der Waals surface area contributed by atoms with Crippen LogP contribution in [0.25, 0.3) is 11.0 Å². The zero-order chi connectivity index (χ0) is 51.5. The molecule has 2 aromatic heterocycles. The van der Waals surface area contributed by atoms with Crippen LogP contribution in [0.15, 0.2) is 77.8 Å². The van der Waals surface area contributed by atoms with E-state index in [0.717, 1.165) is 69.0 Å². The zero-order valence-electron chi connectivity index (χ0n) is 43.0. The highest BCUT2D eigenvalue weighted by Gasteiger charge is 2.50. The number of nitrogens with zero attached hydrogens (tertiary/aromatic N) is 5. The van der Waals surface area contributed by atoms with E-state index >= 15 is 0 Å². The molecule has 2 aliphatic carbocycles. The number of aliphatic hydroxyl groups is 1. The summed E-state index contributed by atoms with van der Waals surface area (Å²) in [5.41, 5.74) is 3.40. The summed E-state index contributed by atoms with van der Waals surface area (Å²) in [6.07, 6.45) is 13.2. The van der Waals surface area contributed by atoms with Gasteiger partial charge >= 0.3 is 0 Å². The third-order valence-electron chi connectivity index (χ3n) is 17.5. The number of nitrogens with one attached hydrogen (secondary N) is 3. The normalized spacial score (nSPS) is 25.4. The molecule has 6 heterocycles. The molecule has 1 spiro atoms. The number of aromatic nitrogens is 2. The fourth-order valence-corrected chi connectivity index (χ4v) is 14.0. The number of nitro groups is 1. The molecule has 3 saturated heterocycles. The van der Waals surface area contributed by atoms with Crippen molar-refractivity contribution in [2.45, 2.75) is 138 Å². The van der Waals surface area contributed by atoms with Crippen molar-refractivity contribution in [1.29, 1.82) is 0 Å². The van der Waals surface area contributed by atoms with E-state index in [1.807, 2.05) is 19.1 Å². The van der Waals surface area contributed by atoms with Crippen molar-refractivity contribution in [3.8, 4) is 23.1 Å². The van der Waals surface area contributed by atoms with E-state index < -0.39 is 37.0 Å². The predicted molar refractivity (Wildman–Crippen MR) is 283 cm³/mol. The zero-order valence-corrected chi connectivity index (χ0v) is 43.8. The average molecular weight is 1030 g/mol. The topological polar surface area (TPSA) is 205 Å². The molecule has 0 radical (unpaired) electrons. The lowest BCUT2D eigenvalue weighted by Gasteiger charge is -2.56. The number of aromatic amines is 1. The molecule has 18 heteroatoms. The minimum atomic E-state index is -4.72. The number of H-pyrrole nitrogens is 1. The van der Waals surface area contributed by atoms with E-state index in [9.17, 15) is 28.4 Å². The van der Waals surface area contributed by atoms with Crippen molar-refractivity contribution in [1.82, 2.24) is 24.5 Å². The summed E-state index contributed by atoms with van der Waals surface area (Å²) in [6, 6.07) is 20.9. The van der Waals surface area contributed by atoms with Crippen molar-refractivity contribution in [2.75, 3.05) is 56.7 Å². The maximum atomic E-state index is 14.5. The van der Waals surface area contributed by atoms with Crippen LogP contribution < -0.4 is 29.1 Å². The van der Waals surface area contributed by atoms with Crippen LogP contribution in [0.4, 0.5) is 17.1 Å². The Morgan fingerprint density at radius 3 is 2.49 bits per heavy atom. The summed E-state index contributed by atoms with van der Waals surface area (Å²) < 4.78 is 49.8. The highest BCUT2D eigenvalue weighted by Crippen LogP contribution is 2.55. The van der Waals surface area contributed by atoms with Crippen LogP contribution in [0.1, 0.15) is 131 Å². The second-order valence-electron chi connectivity index (χ2n) is 22.7. The Bertz CT molecular complexity index is 3030. The first-order valence-corrected chi connectivity index (χ1v) is 28.2. The van der Waals surface area contributed by atoms with Gasteiger partial charge in [0.15, 0.2) is 17.2 Å². The first kappa shape index (κ1) is 50.2. The molecule has 4 N–H and O–H groups in total. The van der Waals surface area contributed by atoms with E-state index in [1.54, 1.807) is 24.4 Å². The molecule has 17 nitrogen and oxygen atoms in total. The highest BCUT2D eigenvalue weighted by molar-refractivity contribution is 7.90. The van der Waals surface area contributed by atoms with Gasteiger partial charge in [-0.05, 0) is 157 Å². The van der Waals surface area contributed by atoms with Gasteiger partial charge in [0, 0.05) is 66.7 Å². The van der Waals surface area contributed by atoms with Gasteiger partial charge in [-0.3, -0.25) is 19.8 Å². The molecule has 0 bridgehead atoms. The molecule has 1 amide bonds. The molecule has 74 heavy (non-hydrogen) atoms. The number of likely N-dealkylation sites (N-methyl/N-ethyl adjacent to an activating group) is 1. The van der Waals surface area contributed by atoms with Gasteiger partial charge in [-0.15, -0.1) is 0 Å². The summed E-state index contributed by atoms with van der Waals surface area (Å²) in [6.45, 7) is 10.6. The largest absolute Gasteiger partial charge is 0.489 e. The maximum Gasteiger partial charge on any atom is 0.297 e. The van der Waals surface area contributed by atoms with Crippen LogP contribution in [-0.2, 0) is 10.0 Å². The first-order chi connectivity index (χ1) is 35.5. The smallest absolute Gasteiger partial charge is 0.297 e. The molecule has 4 aliphatic heterocycles. The molecule has 2 saturated carbocycles. The summed E-state index contributed by atoms with van der Waals surface area (Å²) in [4.78, 5) is 41.2. The Balaban J connectivity index is 0.845. The fourth-order valence-electron chi connectivity index (χ4n) is 13.0. The molecule has 6 aliphatic rings. The molecule has 5 fully saturated rings. The van der Waals surface area contributed by atoms with Crippen LogP contribution in [-0.4, -0.2) is 114 Å². The van der Waals surface area contributed by atoms with E-state index in [4.69, 9.17) is 19.2 Å². The molecule has 11 rings (SSSR count). The molecular weight excluding hydrogens is 961 g/mol. The van der Waals surface area contributed by atoms with E-state index in [0.29, 0.717) is 55.9 Å². The first-order valence-electron chi connectivity index (χ1n) is 26.8. The molecule has 3 aromatic carbocycles. The van der Waals surface area contributed by atoms with Gasteiger partial charge in [-0.2, -0.15) is 4.98 Å². The van der Waals surface area contributed by atoms with Crippen LogP contribution in [0.5, 0.6) is 23.1 Å². The number of nitro benzene ring substituents is 1. The number of anilines is 2. The summed E-state index contributed by atoms with van der Waals surface area (Å²) in [5, 5.41) is 27.1. The average Bonchev–Trinajstić information content (AvgIpc) is 4.15. The van der Waals surface area contributed by atoms with Crippen LogP contribution in [0.2, 0.25) is 0 Å². The summed E-state index contributed by atoms with van der Waals surface area (Å²) in [5.74, 6) is 0.168. The van der Waals surface area contributed by atoms with Crippen molar-refractivity contribution in [2.24, 2.45) is 11.3 Å². The van der Waals surface area contributed by atoms with Crippen LogP contribution >= 0.6 is 0 Å². The SMILES string of the molecule is CC(C)c1ccccc1[C@H]1CCCN1C1CC2(CCN(c3ccc(C(=O)NS(=O)(=O)c4cc5c(c([N+](=O)[O-])c4)N[C@@H]([C@H]4CC[C@](C)(O)CC4)CO5)c(Oc4cc5cc[nH]c5nc4OC[C@@H]4CCCN4C)c3)CC2)C1. The minimum absolute atomic E-state index is 0.00295. The van der Waals surface area contributed by atoms with Gasteiger partial charge in [0.1, 0.15) is 24.6 Å². The highest BCUT2D eigenvalue weighted by atomic mass is 32.2. The third-order valence-corrected chi connectivity index (χ3v) is 18.8. The van der Waals surface area contributed by atoms with Gasteiger partial charge in [0.25, 0.3) is 27.5 Å². The van der Waals surface area contributed by atoms with E-state index in [-0.39, 0.29) is 64.4 Å². The number of hydrogen-bond acceptors (Lipinski definition) is 14. The van der Waals surface area contributed by atoms with Crippen LogP contribution in [0.3, 0.4) is 0 Å². The number of rotatable bonds is 14. The Morgan fingerprint density at radius 2 is 1.74 bits per heavy atom. The Kier molecular flexibility index (Phi) is 13.5. The molecule has 3 atom stereocenters. The summed E-state index contributed by atoms with van der Waals surface area (Å²) in [7, 11) is -2.65. The number of carbonyl (C=O) groups is 1. The number of hydrogen-bond donors (Lipinski definition) is 4. The van der Waals surface area contributed by atoms with Crippen molar-refractivity contribution in [3.05, 3.63) is 99.7 Å². The Labute approximate surface area is 433 Å². The number of pyridine rings is 1. The second kappa shape index (κ2) is 20.0. The number of benzene rings is 3. The third kappa shape index (κ3) is 10.0. The number of piperidine rings is 1. The minimum Gasteiger partial charge on any atom is -0.489 e. The van der Waals surface area contributed by atoms with Crippen molar-refractivity contribution in [3.63, 3.8) is 0 Å². The number of carbonyl (C=O) groups excluding carboxylic acids is 1. The van der Waals surface area contributed by atoms with Crippen molar-refractivity contribution < 1.29 is 37.5 Å². The quantitative estimate of drug-likeness (QED) is 0.0604. The predicted octanol–water partition coefficient (Wildman–Crippen LogP) is 9.68. The molecular formula is C56H70N8O9S. The van der Waals surface area contributed by atoms with Gasteiger partial charge in [0.05, 0.1) is 27.0 Å². The molecule has 0 unspecified atom stereocenters. The van der Waals surface area contributed by atoms with Gasteiger partial charge in [-0.25, -0.2) is 13.1 Å². The van der Waals surface area contributed by atoms with Crippen LogP contribution in [0, 0.1) is 21.4 Å². The van der Waals surface area contributed by atoms with E-state index in [1.165, 1.54) is 42.9 Å². The lowest BCUT2D eigenvalue weighted by atomic mass is 9.59. The van der Waals surface area contributed by atoms with Gasteiger partial charge in [-0.1, -0.05) is 38.1 Å². The Hall–Kier alpha value is -5.95.